The van der Waals surface area contributed by atoms with Crippen molar-refractivity contribution in [3.05, 3.63) is 75.8 Å². The Kier molecular flexibility index (Phi) is 4.52. The van der Waals surface area contributed by atoms with Crippen LogP contribution in [0.4, 0.5) is 10.1 Å². The maximum atomic E-state index is 14.4. The zero-order chi connectivity index (χ0) is 18.0. The van der Waals surface area contributed by atoms with E-state index >= 15 is 0 Å². The lowest BCUT2D eigenvalue weighted by Crippen LogP contribution is -2.19. The predicted octanol–water partition coefficient (Wildman–Crippen LogP) is 3.47. The SMILES string of the molecule is CCn1cc(C(=O)O)c(=O)c2cc(F)c(NCc3ccccc3)cc21. The normalized spacial score (nSPS) is 10.8. The number of pyridine rings is 1. The van der Waals surface area contributed by atoms with Crippen molar-refractivity contribution >= 4 is 22.6 Å². The Balaban J connectivity index is 2.07. The monoisotopic (exact) mass is 340 g/mol. The molecule has 0 atom stereocenters. The van der Waals surface area contributed by atoms with Crippen molar-refractivity contribution in [3.63, 3.8) is 0 Å². The van der Waals surface area contributed by atoms with Crippen molar-refractivity contribution in [2.45, 2.75) is 20.0 Å². The summed E-state index contributed by atoms with van der Waals surface area (Å²) < 4.78 is 16.0. The molecule has 0 aliphatic heterocycles. The Morgan fingerprint density at radius 3 is 2.60 bits per heavy atom. The second kappa shape index (κ2) is 6.76. The summed E-state index contributed by atoms with van der Waals surface area (Å²) >= 11 is 0. The molecular weight excluding hydrogens is 323 g/mol. The van der Waals surface area contributed by atoms with Gasteiger partial charge in [-0.2, -0.15) is 0 Å². The number of nitrogens with one attached hydrogen (secondary N) is 1. The highest BCUT2D eigenvalue weighted by Gasteiger charge is 2.16. The highest BCUT2D eigenvalue weighted by atomic mass is 19.1. The summed E-state index contributed by atoms with van der Waals surface area (Å²) in [6.45, 7) is 2.73. The van der Waals surface area contributed by atoms with Crippen LogP contribution in [-0.2, 0) is 13.1 Å². The number of hydrogen-bond donors (Lipinski definition) is 2. The fourth-order valence-electron chi connectivity index (χ4n) is 2.75. The molecule has 128 valence electrons. The molecule has 2 aromatic carbocycles. The summed E-state index contributed by atoms with van der Waals surface area (Å²) in [7, 11) is 0. The number of nitrogens with zero attached hydrogens (tertiary/aromatic N) is 1. The van der Waals surface area contributed by atoms with E-state index in [1.54, 1.807) is 10.6 Å². The predicted molar refractivity (Wildman–Crippen MR) is 94.6 cm³/mol. The molecule has 0 unspecified atom stereocenters. The zero-order valence-corrected chi connectivity index (χ0v) is 13.6. The standard InChI is InChI=1S/C19H17FN2O3/c1-2-22-11-14(19(24)25)18(23)13-8-15(20)16(9-17(13)22)21-10-12-6-4-3-5-7-12/h3-9,11,21H,2,10H2,1H3,(H,24,25). The highest BCUT2D eigenvalue weighted by molar-refractivity contribution is 5.93. The Hall–Kier alpha value is -3.15. The minimum absolute atomic E-state index is 0.0597. The lowest BCUT2D eigenvalue weighted by Gasteiger charge is -2.13. The molecule has 3 aromatic rings. The van der Waals surface area contributed by atoms with Crippen molar-refractivity contribution in [2.24, 2.45) is 0 Å². The minimum Gasteiger partial charge on any atom is -0.477 e. The Bertz CT molecular complexity index is 997. The number of carbonyl (C=O) groups is 1. The minimum atomic E-state index is -1.32. The third kappa shape index (κ3) is 3.24. The molecule has 1 aromatic heterocycles. The molecule has 5 nitrogen and oxygen atoms in total. The van der Waals surface area contributed by atoms with Crippen LogP contribution in [-0.4, -0.2) is 15.6 Å². The maximum Gasteiger partial charge on any atom is 0.341 e. The van der Waals surface area contributed by atoms with Crippen molar-refractivity contribution in [3.8, 4) is 0 Å². The third-order valence-corrected chi connectivity index (χ3v) is 4.07. The Morgan fingerprint density at radius 1 is 1.24 bits per heavy atom. The average molecular weight is 340 g/mol. The molecule has 2 N–H and O–H groups in total. The molecule has 0 fully saturated rings. The fraction of sp³-hybridized carbons (Fsp3) is 0.158. The third-order valence-electron chi connectivity index (χ3n) is 4.07. The number of carboxylic acid groups (broad SMARTS) is 1. The van der Waals surface area contributed by atoms with E-state index < -0.39 is 17.2 Å². The van der Waals surface area contributed by atoms with Crippen LogP contribution in [0.5, 0.6) is 0 Å². The first-order valence-electron chi connectivity index (χ1n) is 7.89. The number of benzene rings is 2. The average Bonchev–Trinajstić information content (AvgIpc) is 2.61. The molecule has 25 heavy (non-hydrogen) atoms. The number of carboxylic acids is 1. The van der Waals surface area contributed by atoms with Gasteiger partial charge in [-0.15, -0.1) is 0 Å². The summed E-state index contributed by atoms with van der Waals surface area (Å²) in [5.74, 6) is -1.91. The van der Waals surface area contributed by atoms with Gasteiger partial charge in [0, 0.05) is 24.7 Å². The van der Waals surface area contributed by atoms with Crippen molar-refractivity contribution in [2.75, 3.05) is 5.32 Å². The van der Waals surface area contributed by atoms with Gasteiger partial charge in [0.05, 0.1) is 11.2 Å². The van der Waals surface area contributed by atoms with Crippen LogP contribution in [0.3, 0.4) is 0 Å². The fourth-order valence-corrected chi connectivity index (χ4v) is 2.75. The van der Waals surface area contributed by atoms with Gasteiger partial charge in [-0.3, -0.25) is 4.79 Å². The summed E-state index contributed by atoms with van der Waals surface area (Å²) in [5, 5.41) is 12.2. The van der Waals surface area contributed by atoms with Crippen molar-refractivity contribution < 1.29 is 14.3 Å². The van der Waals surface area contributed by atoms with E-state index in [9.17, 15) is 14.0 Å². The number of hydrogen-bond acceptors (Lipinski definition) is 3. The lowest BCUT2D eigenvalue weighted by atomic mass is 10.1. The van der Waals surface area contributed by atoms with E-state index in [1.807, 2.05) is 37.3 Å². The molecular formula is C19H17FN2O3. The van der Waals surface area contributed by atoms with Crippen LogP contribution in [0.2, 0.25) is 0 Å². The largest absolute Gasteiger partial charge is 0.477 e. The molecule has 0 amide bonds. The second-order valence-electron chi connectivity index (χ2n) is 5.65. The van der Waals surface area contributed by atoms with Crippen LogP contribution in [0, 0.1) is 5.82 Å². The first-order chi connectivity index (χ1) is 12.0. The van der Waals surface area contributed by atoms with Crippen LogP contribution in [0.1, 0.15) is 22.8 Å². The first kappa shape index (κ1) is 16.7. The Labute approximate surface area is 143 Å². The van der Waals surface area contributed by atoms with Gasteiger partial charge in [-0.05, 0) is 24.6 Å². The van der Waals surface area contributed by atoms with E-state index in [4.69, 9.17) is 5.11 Å². The van der Waals surface area contributed by atoms with Gasteiger partial charge < -0.3 is 15.0 Å². The number of aryl methyl sites for hydroxylation is 1. The smallest absolute Gasteiger partial charge is 0.341 e. The number of rotatable bonds is 5. The number of aromatic nitrogens is 1. The molecule has 3 rings (SSSR count). The van der Waals surface area contributed by atoms with Crippen molar-refractivity contribution in [1.29, 1.82) is 0 Å². The first-order valence-corrected chi connectivity index (χ1v) is 7.89. The molecule has 6 heteroatoms. The van der Waals surface area contributed by atoms with Crippen LogP contribution < -0.4 is 10.7 Å². The number of anilines is 1. The van der Waals surface area contributed by atoms with Gasteiger partial charge in [0.1, 0.15) is 11.4 Å². The quantitative estimate of drug-likeness (QED) is 0.746. The molecule has 0 bridgehead atoms. The number of aromatic carboxylic acids is 1. The lowest BCUT2D eigenvalue weighted by molar-refractivity contribution is 0.0695. The molecule has 0 radical (unpaired) electrons. The van der Waals surface area contributed by atoms with Crippen LogP contribution in [0.25, 0.3) is 10.9 Å². The second-order valence-corrected chi connectivity index (χ2v) is 5.65. The van der Waals surface area contributed by atoms with E-state index in [0.717, 1.165) is 11.6 Å². The summed E-state index contributed by atoms with van der Waals surface area (Å²) in [6, 6.07) is 12.2. The molecule has 0 aliphatic carbocycles. The van der Waals surface area contributed by atoms with E-state index in [1.165, 1.54) is 6.20 Å². The van der Waals surface area contributed by atoms with Gasteiger partial charge in [-0.1, -0.05) is 30.3 Å². The van der Waals surface area contributed by atoms with Crippen molar-refractivity contribution in [1.82, 2.24) is 4.57 Å². The number of halogens is 1. The summed E-state index contributed by atoms with van der Waals surface area (Å²) in [5.41, 5.74) is 0.714. The van der Waals surface area contributed by atoms with Gasteiger partial charge in [0.2, 0.25) is 5.43 Å². The van der Waals surface area contributed by atoms with E-state index in [-0.39, 0.29) is 16.6 Å². The van der Waals surface area contributed by atoms with Crippen LogP contribution in [0.15, 0.2) is 53.5 Å². The summed E-state index contributed by atoms with van der Waals surface area (Å²) in [4.78, 5) is 23.5. The topological polar surface area (TPSA) is 71.3 Å². The molecule has 0 spiro atoms. The highest BCUT2D eigenvalue weighted by Crippen LogP contribution is 2.22. The Morgan fingerprint density at radius 2 is 1.96 bits per heavy atom. The van der Waals surface area contributed by atoms with Gasteiger partial charge >= 0.3 is 5.97 Å². The molecule has 0 saturated carbocycles. The maximum absolute atomic E-state index is 14.4. The van der Waals surface area contributed by atoms with E-state index in [0.29, 0.717) is 18.6 Å². The number of fused-ring (bicyclic) bond motifs is 1. The molecule has 0 saturated heterocycles. The van der Waals surface area contributed by atoms with Crippen LogP contribution >= 0.6 is 0 Å². The van der Waals surface area contributed by atoms with Gasteiger partial charge in [0.15, 0.2) is 0 Å². The summed E-state index contributed by atoms with van der Waals surface area (Å²) in [6.07, 6.45) is 1.30. The van der Waals surface area contributed by atoms with E-state index in [2.05, 4.69) is 5.32 Å². The van der Waals surface area contributed by atoms with Gasteiger partial charge in [-0.25, -0.2) is 9.18 Å². The van der Waals surface area contributed by atoms with Gasteiger partial charge in [0.25, 0.3) is 0 Å². The molecule has 1 heterocycles. The zero-order valence-electron chi connectivity index (χ0n) is 13.6. The molecule has 0 aliphatic rings.